The van der Waals surface area contributed by atoms with Crippen molar-refractivity contribution in [1.82, 2.24) is 24.6 Å². The van der Waals surface area contributed by atoms with Gasteiger partial charge in [-0.1, -0.05) is 0 Å². The van der Waals surface area contributed by atoms with E-state index in [-0.39, 0.29) is 0 Å². The molecule has 0 bridgehead atoms. The maximum absolute atomic E-state index is 4.42. The van der Waals surface area contributed by atoms with E-state index >= 15 is 0 Å². The van der Waals surface area contributed by atoms with Crippen LogP contribution in [0.2, 0.25) is 0 Å². The second-order valence-electron chi connectivity index (χ2n) is 4.97. The molecule has 2 aromatic rings. The highest BCUT2D eigenvalue weighted by Gasteiger charge is 2.18. The summed E-state index contributed by atoms with van der Waals surface area (Å²) >= 11 is 0. The third-order valence-corrected chi connectivity index (χ3v) is 3.56. The van der Waals surface area contributed by atoms with Crippen molar-refractivity contribution in [3.8, 4) is 0 Å². The van der Waals surface area contributed by atoms with E-state index in [2.05, 4.69) is 26.0 Å². The average molecular weight is 245 g/mol. The summed E-state index contributed by atoms with van der Waals surface area (Å²) in [7, 11) is 1.95. The molecule has 1 aliphatic heterocycles. The van der Waals surface area contributed by atoms with E-state index in [1.54, 1.807) is 0 Å². The Morgan fingerprint density at radius 3 is 3.17 bits per heavy atom. The first-order valence-electron chi connectivity index (χ1n) is 6.52. The Bertz CT molecular complexity index is 507. The first kappa shape index (κ1) is 11.5. The van der Waals surface area contributed by atoms with Gasteiger partial charge in [0.2, 0.25) is 0 Å². The smallest absolute Gasteiger partial charge is 0.0951 e. The van der Waals surface area contributed by atoms with Crippen molar-refractivity contribution in [3.05, 3.63) is 36.2 Å². The van der Waals surface area contributed by atoms with Crippen LogP contribution in [0.4, 0.5) is 0 Å². The van der Waals surface area contributed by atoms with Gasteiger partial charge in [-0.05, 0) is 25.5 Å². The molecule has 0 aromatic carbocycles. The Hall–Kier alpha value is -1.62. The minimum Gasteiger partial charge on any atom is -0.328 e. The maximum atomic E-state index is 4.42. The van der Waals surface area contributed by atoms with Crippen LogP contribution < -0.4 is 5.32 Å². The molecule has 18 heavy (non-hydrogen) atoms. The lowest BCUT2D eigenvalue weighted by Gasteiger charge is -2.23. The molecule has 3 rings (SSSR count). The molecule has 1 atom stereocenters. The first-order chi connectivity index (χ1) is 8.83. The molecule has 0 saturated carbocycles. The zero-order chi connectivity index (χ0) is 12.4. The Labute approximate surface area is 107 Å². The van der Waals surface area contributed by atoms with Gasteiger partial charge in [0.1, 0.15) is 0 Å². The number of nitrogens with one attached hydrogen (secondary N) is 1. The maximum Gasteiger partial charge on any atom is 0.0951 e. The summed E-state index contributed by atoms with van der Waals surface area (Å²) < 4.78 is 4.06. The largest absolute Gasteiger partial charge is 0.328 e. The van der Waals surface area contributed by atoms with E-state index in [1.165, 1.54) is 18.5 Å². The summed E-state index contributed by atoms with van der Waals surface area (Å²) in [5.41, 5.74) is 2.41. The molecule has 2 aromatic heterocycles. The van der Waals surface area contributed by atoms with Crippen LogP contribution in [0.15, 0.2) is 24.8 Å². The monoisotopic (exact) mass is 245 g/mol. The van der Waals surface area contributed by atoms with E-state index in [1.807, 2.05) is 30.5 Å². The standard InChI is InChI=1S/C13H19N5/c1-17-6-4-12(16-17)9-18-10-15-8-13(18)11-3-2-5-14-7-11/h4,6,8,10-11,14H,2-3,5,7,9H2,1H3. The fraction of sp³-hybridized carbons (Fsp3) is 0.538. The summed E-state index contributed by atoms with van der Waals surface area (Å²) in [4.78, 5) is 4.30. The number of aryl methyl sites for hydroxylation is 1. The third kappa shape index (κ3) is 2.31. The Morgan fingerprint density at radius 1 is 1.50 bits per heavy atom. The lowest BCUT2D eigenvalue weighted by atomic mass is 9.96. The number of nitrogens with zero attached hydrogens (tertiary/aromatic N) is 4. The second kappa shape index (κ2) is 4.94. The molecule has 1 N–H and O–H groups in total. The quantitative estimate of drug-likeness (QED) is 0.882. The van der Waals surface area contributed by atoms with Crippen LogP contribution in [0.25, 0.3) is 0 Å². The lowest BCUT2D eigenvalue weighted by Crippen LogP contribution is -2.29. The van der Waals surface area contributed by atoms with Crippen molar-refractivity contribution < 1.29 is 0 Å². The second-order valence-corrected chi connectivity index (χ2v) is 4.97. The lowest BCUT2D eigenvalue weighted by molar-refractivity contribution is 0.443. The number of piperidine rings is 1. The predicted molar refractivity (Wildman–Crippen MR) is 69.4 cm³/mol. The van der Waals surface area contributed by atoms with Crippen LogP contribution in [0.5, 0.6) is 0 Å². The number of hydrogen-bond donors (Lipinski definition) is 1. The normalized spacial score (nSPS) is 20.2. The van der Waals surface area contributed by atoms with E-state index in [4.69, 9.17) is 0 Å². The Kier molecular flexibility index (Phi) is 3.15. The molecule has 0 amide bonds. The molecule has 1 saturated heterocycles. The van der Waals surface area contributed by atoms with Gasteiger partial charge in [0.15, 0.2) is 0 Å². The Balaban J connectivity index is 1.78. The fourth-order valence-corrected chi connectivity index (χ4v) is 2.63. The van der Waals surface area contributed by atoms with Crippen LogP contribution >= 0.6 is 0 Å². The molecule has 3 heterocycles. The minimum absolute atomic E-state index is 0.588. The van der Waals surface area contributed by atoms with Gasteiger partial charge in [0, 0.05) is 37.6 Å². The van der Waals surface area contributed by atoms with E-state index in [9.17, 15) is 0 Å². The van der Waals surface area contributed by atoms with E-state index < -0.39 is 0 Å². The van der Waals surface area contributed by atoms with E-state index in [0.717, 1.165) is 25.3 Å². The van der Waals surface area contributed by atoms with Crippen LogP contribution in [0.1, 0.15) is 30.1 Å². The average Bonchev–Trinajstić information content (AvgIpc) is 3.00. The zero-order valence-corrected chi connectivity index (χ0v) is 10.7. The van der Waals surface area contributed by atoms with Gasteiger partial charge in [-0.15, -0.1) is 0 Å². The van der Waals surface area contributed by atoms with Gasteiger partial charge in [0.05, 0.1) is 18.6 Å². The molecule has 5 heteroatoms. The summed E-state index contributed by atoms with van der Waals surface area (Å²) in [5.74, 6) is 0.588. The van der Waals surface area contributed by atoms with Gasteiger partial charge in [0.25, 0.3) is 0 Å². The molecular weight excluding hydrogens is 226 g/mol. The molecule has 0 radical (unpaired) electrons. The molecule has 0 aliphatic carbocycles. The van der Waals surface area contributed by atoms with Crippen molar-refractivity contribution >= 4 is 0 Å². The molecular formula is C13H19N5. The molecule has 1 aliphatic rings. The van der Waals surface area contributed by atoms with Gasteiger partial charge in [-0.3, -0.25) is 4.68 Å². The Morgan fingerprint density at radius 2 is 2.44 bits per heavy atom. The summed E-state index contributed by atoms with van der Waals surface area (Å²) in [6, 6.07) is 2.06. The number of hydrogen-bond acceptors (Lipinski definition) is 3. The van der Waals surface area contributed by atoms with Crippen molar-refractivity contribution in [2.45, 2.75) is 25.3 Å². The molecule has 1 fully saturated rings. The topological polar surface area (TPSA) is 47.7 Å². The highest BCUT2D eigenvalue weighted by atomic mass is 15.3. The SMILES string of the molecule is Cn1ccc(Cn2cncc2C2CCCNC2)n1. The van der Waals surface area contributed by atoms with Gasteiger partial charge in [-0.2, -0.15) is 5.10 Å². The van der Waals surface area contributed by atoms with Crippen molar-refractivity contribution in [2.75, 3.05) is 13.1 Å². The third-order valence-electron chi connectivity index (χ3n) is 3.56. The first-order valence-corrected chi connectivity index (χ1v) is 6.52. The molecule has 5 nitrogen and oxygen atoms in total. The van der Waals surface area contributed by atoms with Crippen LogP contribution in [0.3, 0.4) is 0 Å². The molecule has 96 valence electrons. The van der Waals surface area contributed by atoms with Gasteiger partial charge >= 0.3 is 0 Å². The number of imidazole rings is 1. The molecule has 1 unspecified atom stereocenters. The summed E-state index contributed by atoms with van der Waals surface area (Å²) in [6.07, 6.45) is 8.40. The zero-order valence-electron chi connectivity index (χ0n) is 10.7. The van der Waals surface area contributed by atoms with Crippen molar-refractivity contribution in [3.63, 3.8) is 0 Å². The van der Waals surface area contributed by atoms with Crippen LogP contribution in [0, 0.1) is 0 Å². The summed E-state index contributed by atoms with van der Waals surface area (Å²) in [5, 5.41) is 7.88. The number of aromatic nitrogens is 4. The number of rotatable bonds is 3. The van der Waals surface area contributed by atoms with Crippen LogP contribution in [-0.4, -0.2) is 32.4 Å². The highest BCUT2D eigenvalue weighted by molar-refractivity contribution is 5.11. The van der Waals surface area contributed by atoms with Gasteiger partial charge in [-0.25, -0.2) is 4.98 Å². The van der Waals surface area contributed by atoms with Gasteiger partial charge < -0.3 is 9.88 Å². The molecule has 0 spiro atoms. The van der Waals surface area contributed by atoms with Crippen molar-refractivity contribution in [1.29, 1.82) is 0 Å². The fourth-order valence-electron chi connectivity index (χ4n) is 2.63. The van der Waals surface area contributed by atoms with Crippen LogP contribution in [-0.2, 0) is 13.6 Å². The van der Waals surface area contributed by atoms with Crippen molar-refractivity contribution in [2.24, 2.45) is 7.05 Å². The minimum atomic E-state index is 0.588. The highest BCUT2D eigenvalue weighted by Crippen LogP contribution is 2.23. The predicted octanol–water partition coefficient (Wildman–Crippen LogP) is 1.13. The van der Waals surface area contributed by atoms with E-state index in [0.29, 0.717) is 5.92 Å². The summed E-state index contributed by atoms with van der Waals surface area (Å²) in [6.45, 7) is 3.02.